The van der Waals surface area contributed by atoms with Crippen LogP contribution in [0.4, 0.5) is 0 Å². The molecule has 0 bridgehead atoms. The largest absolute Gasteiger partial charge is 0.481 e. The van der Waals surface area contributed by atoms with Crippen molar-refractivity contribution in [2.45, 2.75) is 39.7 Å². The number of hydrogen-bond acceptors (Lipinski definition) is 2. The molecule has 4 heteroatoms. The van der Waals surface area contributed by atoms with Crippen molar-refractivity contribution in [2.75, 3.05) is 0 Å². The van der Waals surface area contributed by atoms with Crippen LogP contribution >= 0.6 is 12.4 Å². The molecule has 1 aliphatic carbocycles. The van der Waals surface area contributed by atoms with Crippen LogP contribution in [0.2, 0.25) is 0 Å². The molecule has 0 aliphatic heterocycles. The minimum atomic E-state index is -0.677. The fourth-order valence-electron chi connectivity index (χ4n) is 2.29. The van der Waals surface area contributed by atoms with Gasteiger partial charge in [0.2, 0.25) is 0 Å². The average molecular weight is 222 g/mol. The summed E-state index contributed by atoms with van der Waals surface area (Å²) in [4.78, 5) is 11.0. The molecular weight excluding hydrogens is 202 g/mol. The average Bonchev–Trinajstić information content (AvgIpc) is 1.99. The summed E-state index contributed by atoms with van der Waals surface area (Å²) in [5.74, 6) is -0.631. The maximum Gasteiger partial charge on any atom is 0.307 e. The lowest BCUT2D eigenvalue weighted by Crippen LogP contribution is -2.49. The Kier molecular flexibility index (Phi) is 4.40. The maximum atomic E-state index is 11.0. The lowest BCUT2D eigenvalue weighted by Gasteiger charge is -2.44. The van der Waals surface area contributed by atoms with E-state index in [1.807, 2.05) is 13.8 Å². The van der Waals surface area contributed by atoms with Crippen molar-refractivity contribution in [1.82, 2.24) is 0 Å². The summed E-state index contributed by atoms with van der Waals surface area (Å²) in [5.41, 5.74) is 5.75. The van der Waals surface area contributed by atoms with Crippen LogP contribution in [0.15, 0.2) is 0 Å². The van der Waals surface area contributed by atoms with Crippen LogP contribution in [-0.2, 0) is 4.79 Å². The third-order valence-corrected chi connectivity index (χ3v) is 3.80. The van der Waals surface area contributed by atoms with Crippen molar-refractivity contribution < 1.29 is 9.90 Å². The molecule has 1 fully saturated rings. The van der Waals surface area contributed by atoms with E-state index in [0.29, 0.717) is 6.42 Å². The van der Waals surface area contributed by atoms with E-state index < -0.39 is 5.97 Å². The molecule has 1 aliphatic rings. The smallest absolute Gasteiger partial charge is 0.307 e. The number of aliphatic carboxylic acids is 1. The second-order valence-electron chi connectivity index (χ2n) is 4.74. The number of carbonyl (C=O) groups is 1. The van der Waals surface area contributed by atoms with E-state index in [1.165, 1.54) is 0 Å². The first-order chi connectivity index (χ1) is 5.87. The van der Waals surface area contributed by atoms with E-state index in [0.717, 1.165) is 6.42 Å². The second-order valence-corrected chi connectivity index (χ2v) is 4.74. The highest BCUT2D eigenvalue weighted by molar-refractivity contribution is 5.85. The summed E-state index contributed by atoms with van der Waals surface area (Å²) in [6.45, 7) is 6.07. The molecule has 84 valence electrons. The topological polar surface area (TPSA) is 63.3 Å². The van der Waals surface area contributed by atoms with E-state index in [9.17, 15) is 4.79 Å². The minimum absolute atomic E-state index is 0. The summed E-state index contributed by atoms with van der Waals surface area (Å²) >= 11 is 0. The van der Waals surface area contributed by atoms with E-state index in [2.05, 4.69) is 6.92 Å². The SMILES string of the molecule is C[C@@H]1[C@H](N)CC[C@H](C(=O)O)C1(C)C.Cl. The number of halogens is 1. The number of rotatable bonds is 1. The lowest BCUT2D eigenvalue weighted by atomic mass is 9.61. The molecule has 3 atom stereocenters. The van der Waals surface area contributed by atoms with Crippen molar-refractivity contribution in [1.29, 1.82) is 0 Å². The van der Waals surface area contributed by atoms with Gasteiger partial charge in [-0.05, 0) is 24.2 Å². The van der Waals surface area contributed by atoms with Crippen LogP contribution in [0.25, 0.3) is 0 Å². The van der Waals surface area contributed by atoms with Gasteiger partial charge in [-0.15, -0.1) is 12.4 Å². The number of carboxylic acids is 1. The summed E-state index contributed by atoms with van der Waals surface area (Å²) < 4.78 is 0. The van der Waals surface area contributed by atoms with Crippen molar-refractivity contribution in [3.05, 3.63) is 0 Å². The highest BCUT2D eigenvalue weighted by Gasteiger charge is 2.44. The molecular formula is C10H20ClNO2. The third-order valence-electron chi connectivity index (χ3n) is 3.80. The number of nitrogens with two attached hydrogens (primary N) is 1. The summed E-state index contributed by atoms with van der Waals surface area (Å²) in [6.07, 6.45) is 1.55. The standard InChI is InChI=1S/C10H19NO2.ClH/c1-6-8(11)5-4-7(9(12)13)10(6,2)3;/h6-8H,4-5,11H2,1-3H3,(H,12,13);1H/t6-,7-,8-;/m1./s1. The highest BCUT2D eigenvalue weighted by Crippen LogP contribution is 2.44. The zero-order chi connectivity index (χ0) is 10.2. The fraction of sp³-hybridized carbons (Fsp3) is 0.900. The Labute approximate surface area is 91.5 Å². The third kappa shape index (κ3) is 2.20. The van der Waals surface area contributed by atoms with Crippen molar-refractivity contribution in [3.63, 3.8) is 0 Å². The first-order valence-corrected chi connectivity index (χ1v) is 4.85. The van der Waals surface area contributed by atoms with Crippen LogP contribution in [0.1, 0.15) is 33.6 Å². The molecule has 0 radical (unpaired) electrons. The monoisotopic (exact) mass is 221 g/mol. The minimum Gasteiger partial charge on any atom is -0.481 e. The first kappa shape index (κ1) is 13.7. The molecule has 3 nitrogen and oxygen atoms in total. The predicted molar refractivity (Wildman–Crippen MR) is 58.5 cm³/mol. The number of hydrogen-bond donors (Lipinski definition) is 2. The summed E-state index contributed by atoms with van der Waals surface area (Å²) in [6, 6.07) is 0.158. The predicted octanol–water partition coefficient (Wildman–Crippen LogP) is 1.89. The van der Waals surface area contributed by atoms with E-state index in [1.54, 1.807) is 0 Å². The Bertz CT molecular complexity index is 218. The summed E-state index contributed by atoms with van der Waals surface area (Å²) in [5, 5.41) is 9.04. The molecule has 1 saturated carbocycles. The summed E-state index contributed by atoms with van der Waals surface area (Å²) in [7, 11) is 0. The van der Waals surface area contributed by atoms with E-state index in [4.69, 9.17) is 10.8 Å². The second kappa shape index (κ2) is 4.49. The molecule has 0 amide bonds. The van der Waals surface area contributed by atoms with Crippen LogP contribution in [0.5, 0.6) is 0 Å². The van der Waals surface area contributed by atoms with Crippen molar-refractivity contribution in [2.24, 2.45) is 23.0 Å². The number of carboxylic acid groups (broad SMARTS) is 1. The van der Waals surface area contributed by atoms with Gasteiger partial charge in [0.05, 0.1) is 5.92 Å². The lowest BCUT2D eigenvalue weighted by molar-refractivity contribution is -0.150. The molecule has 1 rings (SSSR count). The quantitative estimate of drug-likeness (QED) is 0.711. The maximum absolute atomic E-state index is 11.0. The van der Waals surface area contributed by atoms with Gasteiger partial charge in [-0.3, -0.25) is 4.79 Å². The molecule has 0 saturated heterocycles. The molecule has 0 aromatic carbocycles. The van der Waals surface area contributed by atoms with Crippen LogP contribution in [0.3, 0.4) is 0 Å². The first-order valence-electron chi connectivity index (χ1n) is 4.85. The van der Waals surface area contributed by atoms with Crippen molar-refractivity contribution >= 4 is 18.4 Å². The van der Waals surface area contributed by atoms with Crippen LogP contribution in [-0.4, -0.2) is 17.1 Å². The normalized spacial score (nSPS) is 35.9. The molecule has 0 aromatic rings. The zero-order valence-corrected chi connectivity index (χ0v) is 9.80. The zero-order valence-electron chi connectivity index (χ0n) is 8.99. The van der Waals surface area contributed by atoms with Gasteiger partial charge in [0, 0.05) is 6.04 Å². The highest BCUT2D eigenvalue weighted by atomic mass is 35.5. The molecule has 0 unspecified atom stereocenters. The van der Waals surface area contributed by atoms with Gasteiger partial charge >= 0.3 is 5.97 Å². The van der Waals surface area contributed by atoms with Gasteiger partial charge in [-0.2, -0.15) is 0 Å². The Balaban J connectivity index is 0.00000169. The van der Waals surface area contributed by atoms with Crippen LogP contribution in [0, 0.1) is 17.3 Å². The van der Waals surface area contributed by atoms with Gasteiger partial charge in [-0.25, -0.2) is 0 Å². The van der Waals surface area contributed by atoms with Crippen LogP contribution < -0.4 is 5.73 Å². The Hall–Kier alpha value is -0.280. The van der Waals surface area contributed by atoms with Gasteiger partial charge in [0.1, 0.15) is 0 Å². The van der Waals surface area contributed by atoms with E-state index >= 15 is 0 Å². The molecule has 3 N–H and O–H groups in total. The van der Waals surface area contributed by atoms with Gasteiger partial charge in [0.15, 0.2) is 0 Å². The van der Waals surface area contributed by atoms with Gasteiger partial charge < -0.3 is 10.8 Å². The van der Waals surface area contributed by atoms with Gasteiger partial charge in [0.25, 0.3) is 0 Å². The molecule has 0 aromatic heterocycles. The molecule has 0 heterocycles. The Morgan fingerprint density at radius 3 is 2.36 bits per heavy atom. The molecule has 14 heavy (non-hydrogen) atoms. The van der Waals surface area contributed by atoms with E-state index in [-0.39, 0.29) is 35.7 Å². The fourth-order valence-corrected chi connectivity index (χ4v) is 2.29. The van der Waals surface area contributed by atoms with Gasteiger partial charge in [-0.1, -0.05) is 20.8 Å². The Morgan fingerprint density at radius 2 is 1.93 bits per heavy atom. The van der Waals surface area contributed by atoms with Crippen molar-refractivity contribution in [3.8, 4) is 0 Å². The Morgan fingerprint density at radius 1 is 1.43 bits per heavy atom. The molecule has 0 spiro atoms.